The third kappa shape index (κ3) is 6.79. The predicted octanol–water partition coefficient (Wildman–Crippen LogP) is 7.01. The van der Waals surface area contributed by atoms with Crippen LogP contribution in [0.2, 0.25) is 0 Å². The van der Waals surface area contributed by atoms with E-state index in [0.717, 1.165) is 35.4 Å². The first kappa shape index (κ1) is 30.7. The summed E-state index contributed by atoms with van der Waals surface area (Å²) in [5.74, 6) is 0. The summed E-state index contributed by atoms with van der Waals surface area (Å²) >= 11 is 0. The van der Waals surface area contributed by atoms with Gasteiger partial charge >= 0.3 is 26.5 Å². The Morgan fingerprint density at radius 2 is 0.902 bits per heavy atom. The van der Waals surface area contributed by atoms with E-state index in [1.807, 2.05) is 59.5 Å². The van der Waals surface area contributed by atoms with Gasteiger partial charge in [-0.05, 0) is 34.4 Å². The van der Waals surface area contributed by atoms with Crippen LogP contribution in [0.4, 0.5) is 23.2 Å². The minimum absolute atomic E-state index is 0.146. The fraction of sp³-hybridized carbons (Fsp3) is 0.143. The van der Waals surface area contributed by atoms with Crippen LogP contribution in [0.25, 0.3) is 11.1 Å². The molecular weight excluding hydrogens is 584 g/mol. The first-order valence-corrected chi connectivity index (χ1v) is 15.3. The van der Waals surface area contributed by atoms with Crippen molar-refractivity contribution in [1.29, 1.82) is 0 Å². The van der Waals surface area contributed by atoms with Gasteiger partial charge in [0.25, 0.3) is 0 Å². The molecule has 216 valence electrons. The molecule has 0 saturated heterocycles. The van der Waals surface area contributed by atoms with Gasteiger partial charge in [0.2, 0.25) is 0 Å². The summed E-state index contributed by atoms with van der Waals surface area (Å²) in [6.45, 7) is 0.291. The van der Waals surface area contributed by atoms with Crippen LogP contribution in [0.3, 0.4) is 0 Å². The van der Waals surface area contributed by atoms with Crippen LogP contribution in [0.1, 0.15) is 22.3 Å². The topological polar surface area (TPSA) is 118 Å². The maximum Gasteiger partial charge on any atom is 0.399 e. The molecule has 41 heavy (non-hydrogen) atoms. The standard InChI is InChI=1S/C28H25F4NO6P2/c29-27(30,40(34,35)36)24-12-6-20(7-13-24)18-33(26-16-10-23(11-17-26)22-4-2-1-3-5-22)19-21-8-14-25(15-9-21)28(31,32)41(37,38)39/h1-17H,18-19H2,(H2,34,35,36)(H2,37,38,39). The number of halogens is 4. The van der Waals surface area contributed by atoms with Crippen LogP contribution in [0.15, 0.2) is 103 Å². The van der Waals surface area contributed by atoms with E-state index in [-0.39, 0.29) is 13.1 Å². The van der Waals surface area contributed by atoms with Crippen molar-refractivity contribution in [3.63, 3.8) is 0 Å². The zero-order valence-electron chi connectivity index (χ0n) is 21.2. The molecule has 0 aliphatic carbocycles. The average Bonchev–Trinajstić information content (AvgIpc) is 2.93. The van der Waals surface area contributed by atoms with Crippen molar-refractivity contribution < 1.29 is 46.3 Å². The predicted molar refractivity (Wildman–Crippen MR) is 147 cm³/mol. The molecule has 0 unspecified atom stereocenters. The Morgan fingerprint density at radius 1 is 0.537 bits per heavy atom. The molecule has 7 nitrogen and oxygen atoms in total. The number of alkyl halides is 4. The van der Waals surface area contributed by atoms with Crippen LogP contribution < -0.4 is 4.90 Å². The number of nitrogens with zero attached hydrogens (tertiary/aromatic N) is 1. The molecule has 0 spiro atoms. The quantitative estimate of drug-likeness (QED) is 0.113. The minimum atomic E-state index is -5.73. The van der Waals surface area contributed by atoms with Gasteiger partial charge in [-0.25, -0.2) is 0 Å². The zero-order valence-corrected chi connectivity index (χ0v) is 23.0. The smallest absolute Gasteiger partial charge is 0.363 e. The third-order valence-electron chi connectivity index (χ3n) is 6.42. The minimum Gasteiger partial charge on any atom is -0.363 e. The van der Waals surface area contributed by atoms with Crippen molar-refractivity contribution in [2.75, 3.05) is 4.90 Å². The second-order valence-electron chi connectivity index (χ2n) is 9.33. The van der Waals surface area contributed by atoms with Gasteiger partial charge in [0, 0.05) is 29.9 Å². The van der Waals surface area contributed by atoms with Crippen molar-refractivity contribution in [2.45, 2.75) is 24.4 Å². The number of anilines is 1. The van der Waals surface area contributed by atoms with E-state index in [1.54, 1.807) is 0 Å². The number of hydrogen-bond donors (Lipinski definition) is 4. The molecular formula is C28H25F4NO6P2. The molecule has 4 rings (SSSR count). The lowest BCUT2D eigenvalue weighted by atomic mass is 10.0. The van der Waals surface area contributed by atoms with Gasteiger partial charge in [-0.3, -0.25) is 9.13 Å². The van der Waals surface area contributed by atoms with Crippen molar-refractivity contribution in [2.24, 2.45) is 0 Å². The molecule has 0 saturated carbocycles. The van der Waals surface area contributed by atoms with E-state index in [9.17, 15) is 26.7 Å². The van der Waals surface area contributed by atoms with Gasteiger partial charge in [-0.1, -0.05) is 91.0 Å². The lowest BCUT2D eigenvalue weighted by Crippen LogP contribution is -2.22. The first-order chi connectivity index (χ1) is 19.1. The molecule has 0 amide bonds. The van der Waals surface area contributed by atoms with E-state index < -0.39 is 37.6 Å². The summed E-state index contributed by atoms with van der Waals surface area (Å²) in [6, 6.07) is 26.0. The van der Waals surface area contributed by atoms with E-state index in [1.165, 1.54) is 24.3 Å². The summed E-state index contributed by atoms with van der Waals surface area (Å²) in [7, 11) is -11.5. The molecule has 0 aromatic heterocycles. The second kappa shape index (κ2) is 11.5. The molecule has 0 radical (unpaired) electrons. The average molecular weight is 609 g/mol. The molecule has 13 heteroatoms. The van der Waals surface area contributed by atoms with Gasteiger partial charge in [0.1, 0.15) is 0 Å². The van der Waals surface area contributed by atoms with Crippen LogP contribution in [0, 0.1) is 0 Å². The van der Waals surface area contributed by atoms with Gasteiger partial charge in [0.05, 0.1) is 0 Å². The molecule has 4 aromatic rings. The lowest BCUT2D eigenvalue weighted by Gasteiger charge is -2.26. The molecule has 4 N–H and O–H groups in total. The van der Waals surface area contributed by atoms with Crippen LogP contribution in [0.5, 0.6) is 0 Å². The molecule has 0 aliphatic rings. The maximum absolute atomic E-state index is 14.1. The Kier molecular flexibility index (Phi) is 8.62. The number of benzene rings is 4. The van der Waals surface area contributed by atoms with E-state index in [2.05, 4.69) is 0 Å². The highest BCUT2D eigenvalue weighted by atomic mass is 31.2. The van der Waals surface area contributed by atoms with Crippen LogP contribution in [-0.2, 0) is 33.5 Å². The summed E-state index contributed by atoms with van der Waals surface area (Å²) in [4.78, 5) is 37.9. The Hall–Kier alpha value is -3.30. The normalized spacial score (nSPS) is 12.8. The fourth-order valence-electron chi connectivity index (χ4n) is 4.13. The van der Waals surface area contributed by atoms with E-state index in [0.29, 0.717) is 16.8 Å². The lowest BCUT2D eigenvalue weighted by molar-refractivity contribution is 0.0564. The maximum atomic E-state index is 14.1. The Balaban J connectivity index is 1.64. The summed E-state index contributed by atoms with van der Waals surface area (Å²) < 4.78 is 78.8. The van der Waals surface area contributed by atoms with E-state index >= 15 is 0 Å². The zero-order chi connectivity index (χ0) is 30.1. The molecule has 0 aliphatic heterocycles. The monoisotopic (exact) mass is 609 g/mol. The number of rotatable bonds is 10. The van der Waals surface area contributed by atoms with Crippen molar-refractivity contribution >= 4 is 20.9 Å². The molecule has 0 fully saturated rings. The van der Waals surface area contributed by atoms with Crippen LogP contribution >= 0.6 is 15.2 Å². The Bertz CT molecular complexity index is 1490. The highest BCUT2D eigenvalue weighted by Crippen LogP contribution is 2.60. The summed E-state index contributed by atoms with van der Waals surface area (Å²) in [6.07, 6.45) is 0. The van der Waals surface area contributed by atoms with Gasteiger partial charge in [-0.2, -0.15) is 17.6 Å². The van der Waals surface area contributed by atoms with Crippen molar-refractivity contribution in [1.82, 2.24) is 0 Å². The van der Waals surface area contributed by atoms with Gasteiger partial charge < -0.3 is 24.5 Å². The molecule has 4 aromatic carbocycles. The van der Waals surface area contributed by atoms with Crippen LogP contribution in [-0.4, -0.2) is 19.6 Å². The molecule has 0 bridgehead atoms. The highest BCUT2D eigenvalue weighted by Gasteiger charge is 2.51. The Labute approximate surface area is 233 Å². The highest BCUT2D eigenvalue weighted by molar-refractivity contribution is 7.52. The first-order valence-electron chi connectivity index (χ1n) is 12.1. The fourth-order valence-corrected chi connectivity index (χ4v) is 5.10. The second-order valence-corrected chi connectivity index (χ2v) is 12.6. The largest absolute Gasteiger partial charge is 0.399 e. The molecule has 0 atom stereocenters. The Morgan fingerprint density at radius 3 is 1.27 bits per heavy atom. The van der Waals surface area contributed by atoms with Crippen molar-refractivity contribution in [3.8, 4) is 11.1 Å². The third-order valence-corrected chi connectivity index (χ3v) is 8.40. The van der Waals surface area contributed by atoms with Gasteiger partial charge in [-0.15, -0.1) is 0 Å². The molecule has 0 heterocycles. The SMILES string of the molecule is O=P(O)(O)C(F)(F)c1ccc(CN(Cc2ccc(C(F)(F)P(=O)(O)O)cc2)c2ccc(-c3ccccc3)cc2)cc1. The van der Waals surface area contributed by atoms with Gasteiger partial charge in [0.15, 0.2) is 0 Å². The summed E-state index contributed by atoms with van der Waals surface area (Å²) in [5.41, 5.74) is -6.73. The van der Waals surface area contributed by atoms with Crippen molar-refractivity contribution in [3.05, 3.63) is 125 Å². The summed E-state index contributed by atoms with van der Waals surface area (Å²) in [5, 5.41) is 0. The van der Waals surface area contributed by atoms with E-state index in [4.69, 9.17) is 19.6 Å². The number of hydrogen-bond acceptors (Lipinski definition) is 3.